The third-order valence-corrected chi connectivity index (χ3v) is 6.07. The van der Waals surface area contributed by atoms with Crippen molar-refractivity contribution in [1.29, 1.82) is 0 Å². The van der Waals surface area contributed by atoms with Crippen LogP contribution in [0.4, 0.5) is 0 Å². The number of nitrogens with one attached hydrogen (secondary N) is 1. The first-order valence-electron chi connectivity index (χ1n) is 11.6. The molecule has 0 spiro atoms. The van der Waals surface area contributed by atoms with Crippen LogP contribution in [0.3, 0.4) is 0 Å². The van der Waals surface area contributed by atoms with Crippen molar-refractivity contribution < 1.29 is 4.79 Å². The molecule has 9 nitrogen and oxygen atoms in total. The Kier molecular flexibility index (Phi) is 7.14. The number of amides is 1. The maximum atomic E-state index is 12.6. The molecule has 0 radical (unpaired) electrons. The van der Waals surface area contributed by atoms with Gasteiger partial charge < -0.3 is 0 Å². The van der Waals surface area contributed by atoms with Gasteiger partial charge in [-0.3, -0.25) is 4.79 Å². The number of rotatable bonds is 8. The molecule has 0 bridgehead atoms. The highest BCUT2D eigenvalue weighted by Gasteiger charge is 2.13. The third kappa shape index (κ3) is 5.79. The minimum absolute atomic E-state index is 0.335. The fourth-order valence-electron chi connectivity index (χ4n) is 3.73. The van der Waals surface area contributed by atoms with Crippen molar-refractivity contribution in [2.45, 2.75) is 20.0 Å². The van der Waals surface area contributed by atoms with Crippen LogP contribution >= 0.6 is 11.6 Å². The van der Waals surface area contributed by atoms with E-state index in [1.165, 1.54) is 11.0 Å². The van der Waals surface area contributed by atoms with Crippen molar-refractivity contribution in [3.63, 3.8) is 0 Å². The SMILES string of the molecule is Cc1nn(Cc2ccccc2)c(Cl)c1/C=N/NC(=O)c1ccc(Cn2nnc(-c3ccccc3)n2)cc1. The van der Waals surface area contributed by atoms with Crippen LogP contribution in [0.5, 0.6) is 0 Å². The Bertz CT molecular complexity index is 1530. The van der Waals surface area contributed by atoms with Gasteiger partial charge in [0.25, 0.3) is 5.91 Å². The molecule has 0 aliphatic heterocycles. The number of aryl methyl sites for hydroxylation is 1. The van der Waals surface area contributed by atoms with Crippen molar-refractivity contribution in [3.8, 4) is 11.4 Å². The predicted molar refractivity (Wildman–Crippen MR) is 141 cm³/mol. The lowest BCUT2D eigenvalue weighted by atomic mass is 10.1. The van der Waals surface area contributed by atoms with E-state index in [-0.39, 0.29) is 5.91 Å². The lowest BCUT2D eigenvalue weighted by Crippen LogP contribution is -2.17. The maximum Gasteiger partial charge on any atom is 0.271 e. The second-order valence-electron chi connectivity index (χ2n) is 8.34. The first-order valence-corrected chi connectivity index (χ1v) is 12.0. The summed E-state index contributed by atoms with van der Waals surface area (Å²) >= 11 is 6.51. The summed E-state index contributed by atoms with van der Waals surface area (Å²) in [5.41, 5.74) is 7.32. The van der Waals surface area contributed by atoms with Gasteiger partial charge in [-0.15, -0.1) is 10.2 Å². The Morgan fingerprint density at radius 1 is 0.919 bits per heavy atom. The maximum absolute atomic E-state index is 12.6. The van der Waals surface area contributed by atoms with Crippen LogP contribution in [0, 0.1) is 6.92 Å². The van der Waals surface area contributed by atoms with Gasteiger partial charge in [0.15, 0.2) is 0 Å². The molecule has 2 heterocycles. The Labute approximate surface area is 218 Å². The summed E-state index contributed by atoms with van der Waals surface area (Å²) in [6.45, 7) is 2.83. The van der Waals surface area contributed by atoms with Gasteiger partial charge in [0.05, 0.1) is 30.6 Å². The van der Waals surface area contributed by atoms with E-state index in [4.69, 9.17) is 11.6 Å². The third-order valence-electron chi connectivity index (χ3n) is 5.67. The second kappa shape index (κ2) is 11.0. The van der Waals surface area contributed by atoms with Crippen LogP contribution in [0.1, 0.15) is 32.7 Å². The number of hydrogen-bond acceptors (Lipinski definition) is 6. The lowest BCUT2D eigenvalue weighted by Gasteiger charge is -2.03. The Morgan fingerprint density at radius 2 is 1.59 bits per heavy atom. The van der Waals surface area contributed by atoms with E-state index in [2.05, 4.69) is 31.0 Å². The van der Waals surface area contributed by atoms with Crippen molar-refractivity contribution >= 4 is 23.7 Å². The largest absolute Gasteiger partial charge is 0.271 e. The lowest BCUT2D eigenvalue weighted by molar-refractivity contribution is 0.0955. The summed E-state index contributed by atoms with van der Waals surface area (Å²) in [4.78, 5) is 14.1. The average Bonchev–Trinajstić information content (AvgIpc) is 3.50. The van der Waals surface area contributed by atoms with E-state index in [1.54, 1.807) is 16.8 Å². The monoisotopic (exact) mass is 510 g/mol. The van der Waals surface area contributed by atoms with Crippen molar-refractivity contribution in [2.75, 3.05) is 0 Å². The van der Waals surface area contributed by atoms with Gasteiger partial charge in [0.2, 0.25) is 5.82 Å². The van der Waals surface area contributed by atoms with Gasteiger partial charge in [-0.2, -0.15) is 15.0 Å². The molecule has 0 fully saturated rings. The molecule has 1 amide bonds. The fraction of sp³-hybridized carbons (Fsp3) is 0.111. The number of tetrazole rings is 1. The molecule has 37 heavy (non-hydrogen) atoms. The molecule has 0 aliphatic carbocycles. The molecule has 184 valence electrons. The molecule has 0 atom stereocenters. The molecule has 0 saturated heterocycles. The molecule has 1 N–H and O–H groups in total. The predicted octanol–water partition coefficient (Wildman–Crippen LogP) is 4.36. The summed E-state index contributed by atoms with van der Waals surface area (Å²) < 4.78 is 1.71. The van der Waals surface area contributed by atoms with Crippen LogP contribution in [-0.2, 0) is 13.1 Å². The number of benzene rings is 3. The van der Waals surface area contributed by atoms with E-state index >= 15 is 0 Å². The molecule has 3 aromatic carbocycles. The van der Waals surface area contributed by atoms with Crippen LogP contribution in [0.2, 0.25) is 5.15 Å². The van der Waals surface area contributed by atoms with E-state index in [0.717, 1.165) is 22.4 Å². The molecule has 5 rings (SSSR count). The van der Waals surface area contributed by atoms with Gasteiger partial charge in [0, 0.05) is 11.1 Å². The van der Waals surface area contributed by atoms with Gasteiger partial charge >= 0.3 is 0 Å². The van der Waals surface area contributed by atoms with E-state index in [0.29, 0.717) is 35.2 Å². The van der Waals surface area contributed by atoms with Gasteiger partial charge in [-0.05, 0) is 35.4 Å². The normalized spacial score (nSPS) is 11.2. The highest BCUT2D eigenvalue weighted by molar-refractivity contribution is 6.32. The number of hydrazone groups is 1. The summed E-state index contributed by atoms with van der Waals surface area (Å²) in [7, 11) is 0. The van der Waals surface area contributed by atoms with E-state index in [9.17, 15) is 4.79 Å². The zero-order valence-corrected chi connectivity index (χ0v) is 20.7. The molecule has 0 unspecified atom stereocenters. The van der Waals surface area contributed by atoms with Crippen LogP contribution in [0.25, 0.3) is 11.4 Å². The highest BCUT2D eigenvalue weighted by atomic mass is 35.5. The summed E-state index contributed by atoms with van der Waals surface area (Å²) in [5.74, 6) is 0.230. The fourth-order valence-corrected chi connectivity index (χ4v) is 4.02. The van der Waals surface area contributed by atoms with Crippen LogP contribution in [0.15, 0.2) is 90.0 Å². The molecule has 5 aromatic rings. The standard InChI is InChI=1S/C27H23ClN8O/c1-19-24(25(28)35(32-19)17-20-8-4-2-5-9-20)16-29-31-27(37)23-14-12-21(13-15-23)18-36-33-26(30-34-36)22-10-6-3-7-11-22/h2-16H,17-18H2,1H3,(H,31,37)/b29-16+. The van der Waals surface area contributed by atoms with Gasteiger partial charge in [-0.1, -0.05) is 84.4 Å². The minimum Gasteiger partial charge on any atom is -0.267 e. The first-order chi connectivity index (χ1) is 18.1. The summed E-state index contributed by atoms with van der Waals surface area (Å²) in [5, 5.41) is 21.7. The van der Waals surface area contributed by atoms with Gasteiger partial charge in [-0.25, -0.2) is 10.1 Å². The zero-order valence-electron chi connectivity index (χ0n) is 20.0. The number of carbonyl (C=O) groups excluding carboxylic acids is 1. The topological polar surface area (TPSA) is 103 Å². The number of nitrogens with zero attached hydrogens (tertiary/aromatic N) is 7. The number of carbonyl (C=O) groups is 1. The van der Waals surface area contributed by atoms with Crippen LogP contribution in [-0.4, -0.2) is 42.1 Å². The smallest absolute Gasteiger partial charge is 0.267 e. The molecule has 2 aromatic heterocycles. The Balaban J connectivity index is 1.19. The Hall–Kier alpha value is -4.63. The highest BCUT2D eigenvalue weighted by Crippen LogP contribution is 2.19. The number of halogens is 1. The molecular weight excluding hydrogens is 488 g/mol. The minimum atomic E-state index is -0.335. The molecule has 0 saturated carbocycles. The van der Waals surface area contributed by atoms with E-state index in [1.807, 2.05) is 79.7 Å². The van der Waals surface area contributed by atoms with Crippen LogP contribution < -0.4 is 5.43 Å². The summed E-state index contributed by atoms with van der Waals surface area (Å²) in [6.07, 6.45) is 1.51. The van der Waals surface area contributed by atoms with E-state index < -0.39 is 0 Å². The molecule has 0 aliphatic rings. The average molecular weight is 511 g/mol. The summed E-state index contributed by atoms with van der Waals surface area (Å²) in [6, 6.07) is 26.7. The molecular formula is C27H23ClN8O. The first kappa shape index (κ1) is 24.1. The van der Waals surface area contributed by atoms with Crippen molar-refractivity contribution in [3.05, 3.63) is 118 Å². The Morgan fingerprint density at radius 3 is 2.32 bits per heavy atom. The van der Waals surface area contributed by atoms with Crippen molar-refractivity contribution in [1.82, 2.24) is 35.4 Å². The number of aromatic nitrogens is 6. The van der Waals surface area contributed by atoms with Crippen molar-refractivity contribution in [2.24, 2.45) is 5.10 Å². The zero-order chi connectivity index (χ0) is 25.6. The number of hydrogen-bond donors (Lipinski definition) is 1. The van der Waals surface area contributed by atoms with Gasteiger partial charge in [0.1, 0.15) is 5.15 Å². The molecule has 10 heteroatoms. The quantitative estimate of drug-likeness (QED) is 0.247. The second-order valence-corrected chi connectivity index (χ2v) is 8.70.